The van der Waals surface area contributed by atoms with Gasteiger partial charge in [-0.05, 0) is 31.0 Å². The number of aromatic nitrogens is 2. The van der Waals surface area contributed by atoms with Crippen LogP contribution in [0.4, 0.5) is 0 Å². The van der Waals surface area contributed by atoms with Gasteiger partial charge in [0.25, 0.3) is 0 Å². The molecular formula is C15H17ClN2O. The van der Waals surface area contributed by atoms with Crippen LogP contribution in [0, 0.1) is 0 Å². The Hall–Kier alpha value is -1.35. The molecule has 0 aromatic carbocycles. The van der Waals surface area contributed by atoms with E-state index in [0.717, 1.165) is 17.9 Å². The molecule has 0 amide bonds. The van der Waals surface area contributed by atoms with E-state index in [1.54, 1.807) is 0 Å². The SMILES string of the molecule is CCc1ccc(-c2nc(Cl)cc(C3CCCC3)n2)o1. The predicted octanol–water partition coefficient (Wildman–Crippen LogP) is 4.61. The molecule has 1 aliphatic rings. The minimum atomic E-state index is 0.501. The molecule has 0 unspecified atom stereocenters. The fourth-order valence-electron chi connectivity index (χ4n) is 2.66. The Morgan fingerprint density at radius 1 is 1.26 bits per heavy atom. The standard InChI is InChI=1S/C15H17ClN2O/c1-2-11-7-8-13(19-11)15-17-12(9-14(16)18-15)10-5-3-4-6-10/h7-10H,2-6H2,1H3. The maximum atomic E-state index is 6.13. The van der Waals surface area contributed by atoms with E-state index in [2.05, 4.69) is 16.9 Å². The molecule has 1 aliphatic carbocycles. The molecule has 1 fully saturated rings. The lowest BCUT2D eigenvalue weighted by molar-refractivity contribution is 0.524. The van der Waals surface area contributed by atoms with Crippen molar-refractivity contribution in [1.82, 2.24) is 9.97 Å². The summed E-state index contributed by atoms with van der Waals surface area (Å²) in [7, 11) is 0. The Kier molecular flexibility index (Phi) is 3.56. The van der Waals surface area contributed by atoms with Crippen molar-refractivity contribution in [2.24, 2.45) is 0 Å². The van der Waals surface area contributed by atoms with Gasteiger partial charge in [0.1, 0.15) is 10.9 Å². The summed E-state index contributed by atoms with van der Waals surface area (Å²) < 4.78 is 5.71. The minimum Gasteiger partial charge on any atom is -0.458 e. The van der Waals surface area contributed by atoms with Crippen LogP contribution in [0.1, 0.15) is 50.0 Å². The van der Waals surface area contributed by atoms with E-state index in [9.17, 15) is 0 Å². The summed E-state index contributed by atoms with van der Waals surface area (Å²) in [6, 6.07) is 5.78. The molecule has 3 rings (SSSR count). The van der Waals surface area contributed by atoms with Gasteiger partial charge in [0.2, 0.25) is 0 Å². The van der Waals surface area contributed by atoms with Crippen molar-refractivity contribution in [3.8, 4) is 11.6 Å². The van der Waals surface area contributed by atoms with Crippen molar-refractivity contribution in [3.05, 3.63) is 34.8 Å². The van der Waals surface area contributed by atoms with Crippen molar-refractivity contribution >= 4 is 11.6 Å². The fraction of sp³-hybridized carbons (Fsp3) is 0.467. The quantitative estimate of drug-likeness (QED) is 0.769. The summed E-state index contributed by atoms with van der Waals surface area (Å²) in [5, 5.41) is 0.501. The average Bonchev–Trinajstić information content (AvgIpc) is 3.09. The van der Waals surface area contributed by atoms with Crippen LogP contribution in [-0.2, 0) is 6.42 Å². The van der Waals surface area contributed by atoms with Crippen LogP contribution in [0.25, 0.3) is 11.6 Å². The van der Waals surface area contributed by atoms with Gasteiger partial charge < -0.3 is 4.42 Å². The maximum absolute atomic E-state index is 6.13. The van der Waals surface area contributed by atoms with E-state index in [1.165, 1.54) is 25.7 Å². The topological polar surface area (TPSA) is 38.9 Å². The number of halogens is 1. The third kappa shape index (κ3) is 2.66. The van der Waals surface area contributed by atoms with Gasteiger partial charge >= 0.3 is 0 Å². The van der Waals surface area contributed by atoms with Crippen LogP contribution in [0.5, 0.6) is 0 Å². The molecule has 4 heteroatoms. The first kappa shape index (κ1) is 12.7. The van der Waals surface area contributed by atoms with Crippen molar-refractivity contribution in [2.75, 3.05) is 0 Å². The number of hydrogen-bond acceptors (Lipinski definition) is 3. The number of nitrogens with zero attached hydrogens (tertiary/aromatic N) is 2. The molecule has 19 heavy (non-hydrogen) atoms. The summed E-state index contributed by atoms with van der Waals surface area (Å²) in [6.07, 6.45) is 5.83. The summed E-state index contributed by atoms with van der Waals surface area (Å²) >= 11 is 6.13. The molecule has 100 valence electrons. The smallest absolute Gasteiger partial charge is 0.197 e. The third-order valence-corrected chi connectivity index (χ3v) is 3.91. The van der Waals surface area contributed by atoms with Gasteiger partial charge in [-0.2, -0.15) is 0 Å². The molecule has 2 heterocycles. The van der Waals surface area contributed by atoms with Gasteiger partial charge in [-0.1, -0.05) is 31.4 Å². The highest BCUT2D eigenvalue weighted by Crippen LogP contribution is 2.34. The Bertz CT molecular complexity index is 573. The Morgan fingerprint density at radius 3 is 2.74 bits per heavy atom. The zero-order chi connectivity index (χ0) is 13.2. The second kappa shape index (κ2) is 5.33. The number of hydrogen-bond donors (Lipinski definition) is 0. The Balaban J connectivity index is 1.96. The first-order chi connectivity index (χ1) is 9.26. The van der Waals surface area contributed by atoms with E-state index in [1.807, 2.05) is 18.2 Å². The second-order valence-electron chi connectivity index (χ2n) is 5.04. The molecule has 0 radical (unpaired) electrons. The summed E-state index contributed by atoms with van der Waals surface area (Å²) in [6.45, 7) is 2.06. The molecule has 3 nitrogen and oxygen atoms in total. The second-order valence-corrected chi connectivity index (χ2v) is 5.43. The first-order valence-corrected chi connectivity index (χ1v) is 7.27. The highest BCUT2D eigenvalue weighted by Gasteiger charge is 2.20. The van der Waals surface area contributed by atoms with Crippen LogP contribution in [0.2, 0.25) is 5.15 Å². The zero-order valence-electron chi connectivity index (χ0n) is 11.0. The molecule has 0 aliphatic heterocycles. The van der Waals surface area contributed by atoms with E-state index in [0.29, 0.717) is 22.7 Å². The largest absolute Gasteiger partial charge is 0.458 e. The molecule has 2 aromatic rings. The van der Waals surface area contributed by atoms with E-state index in [-0.39, 0.29) is 0 Å². The number of furan rings is 1. The first-order valence-electron chi connectivity index (χ1n) is 6.90. The zero-order valence-corrected chi connectivity index (χ0v) is 11.8. The molecule has 0 atom stereocenters. The van der Waals surface area contributed by atoms with E-state index in [4.69, 9.17) is 16.0 Å². The van der Waals surface area contributed by atoms with Crippen LogP contribution in [0.3, 0.4) is 0 Å². The van der Waals surface area contributed by atoms with Gasteiger partial charge in [-0.25, -0.2) is 9.97 Å². The summed E-state index contributed by atoms with van der Waals surface area (Å²) in [4.78, 5) is 8.93. The molecule has 0 spiro atoms. The highest BCUT2D eigenvalue weighted by atomic mass is 35.5. The van der Waals surface area contributed by atoms with Gasteiger partial charge in [0, 0.05) is 18.0 Å². The van der Waals surface area contributed by atoms with Crippen molar-refractivity contribution in [3.63, 3.8) is 0 Å². The van der Waals surface area contributed by atoms with Crippen LogP contribution < -0.4 is 0 Å². The average molecular weight is 277 g/mol. The molecule has 0 saturated heterocycles. The lowest BCUT2D eigenvalue weighted by Crippen LogP contribution is -2.00. The molecule has 1 saturated carbocycles. The van der Waals surface area contributed by atoms with E-state index < -0.39 is 0 Å². The molecular weight excluding hydrogens is 260 g/mol. The van der Waals surface area contributed by atoms with Gasteiger partial charge in [-0.3, -0.25) is 0 Å². The van der Waals surface area contributed by atoms with Gasteiger partial charge in [-0.15, -0.1) is 0 Å². The Morgan fingerprint density at radius 2 is 2.05 bits per heavy atom. The molecule has 0 bridgehead atoms. The number of aryl methyl sites for hydroxylation is 1. The van der Waals surface area contributed by atoms with Crippen molar-refractivity contribution in [1.29, 1.82) is 0 Å². The van der Waals surface area contributed by atoms with Crippen LogP contribution >= 0.6 is 11.6 Å². The summed E-state index contributed by atoms with van der Waals surface area (Å²) in [5.74, 6) is 2.79. The van der Waals surface area contributed by atoms with Crippen LogP contribution in [0.15, 0.2) is 22.6 Å². The fourth-order valence-corrected chi connectivity index (χ4v) is 2.86. The maximum Gasteiger partial charge on any atom is 0.197 e. The normalized spacial score (nSPS) is 16.1. The van der Waals surface area contributed by atoms with Gasteiger partial charge in [0.15, 0.2) is 11.6 Å². The third-order valence-electron chi connectivity index (χ3n) is 3.72. The predicted molar refractivity (Wildman–Crippen MR) is 75.3 cm³/mol. The minimum absolute atomic E-state index is 0.501. The van der Waals surface area contributed by atoms with Crippen LogP contribution in [-0.4, -0.2) is 9.97 Å². The van der Waals surface area contributed by atoms with Crippen molar-refractivity contribution < 1.29 is 4.42 Å². The summed E-state index contributed by atoms with van der Waals surface area (Å²) in [5.41, 5.74) is 1.06. The van der Waals surface area contributed by atoms with E-state index >= 15 is 0 Å². The van der Waals surface area contributed by atoms with Gasteiger partial charge in [0.05, 0.1) is 0 Å². The monoisotopic (exact) mass is 276 g/mol. The molecule has 2 aromatic heterocycles. The number of rotatable bonds is 3. The molecule has 0 N–H and O–H groups in total. The highest BCUT2D eigenvalue weighted by molar-refractivity contribution is 6.29. The lowest BCUT2D eigenvalue weighted by Gasteiger charge is -2.09. The lowest BCUT2D eigenvalue weighted by atomic mass is 10.0. The Labute approximate surface area is 118 Å². The van der Waals surface area contributed by atoms with Crippen molar-refractivity contribution in [2.45, 2.75) is 44.9 Å².